The van der Waals surface area contributed by atoms with Crippen LogP contribution in [0.2, 0.25) is 0 Å². The Bertz CT molecular complexity index is 399. The van der Waals surface area contributed by atoms with Crippen LogP contribution in [-0.2, 0) is 6.54 Å². The van der Waals surface area contributed by atoms with E-state index in [9.17, 15) is 0 Å². The monoisotopic (exact) mass is 278 g/mol. The molecule has 2 N–H and O–H groups in total. The minimum Gasteiger partial charge on any atom is -0.329 e. The molecule has 2 aliphatic carbocycles. The largest absolute Gasteiger partial charge is 0.329 e. The van der Waals surface area contributed by atoms with Gasteiger partial charge in [0.15, 0.2) is 0 Å². The SMILES string of the molecule is CC1CCCC(CN)(N(Cc2cccs2)C2CC2)C1. The smallest absolute Gasteiger partial charge is 0.0341 e. The highest BCUT2D eigenvalue weighted by Crippen LogP contribution is 2.43. The molecule has 0 aliphatic heterocycles. The van der Waals surface area contributed by atoms with Crippen molar-refractivity contribution in [2.45, 2.75) is 63.6 Å². The molecule has 106 valence electrons. The summed E-state index contributed by atoms with van der Waals surface area (Å²) in [5.41, 5.74) is 6.54. The Hall–Kier alpha value is -0.380. The number of nitrogens with two attached hydrogens (primary N) is 1. The van der Waals surface area contributed by atoms with Gasteiger partial charge in [0.2, 0.25) is 0 Å². The van der Waals surface area contributed by atoms with E-state index in [1.54, 1.807) is 0 Å². The molecule has 0 aromatic carbocycles. The van der Waals surface area contributed by atoms with Gasteiger partial charge in [-0.1, -0.05) is 25.8 Å². The summed E-state index contributed by atoms with van der Waals surface area (Å²) in [6.45, 7) is 4.35. The minimum atomic E-state index is 0.281. The molecule has 2 atom stereocenters. The van der Waals surface area contributed by atoms with Gasteiger partial charge in [0.1, 0.15) is 0 Å². The molecule has 0 spiro atoms. The van der Waals surface area contributed by atoms with Gasteiger partial charge in [0.25, 0.3) is 0 Å². The second-order valence-electron chi connectivity index (χ2n) is 6.57. The molecule has 0 saturated heterocycles. The summed E-state index contributed by atoms with van der Waals surface area (Å²) in [5, 5.41) is 2.19. The van der Waals surface area contributed by atoms with Crippen molar-refractivity contribution in [2.24, 2.45) is 11.7 Å². The zero-order chi connectivity index (χ0) is 13.3. The fourth-order valence-corrected chi connectivity index (χ4v) is 4.54. The molecule has 2 saturated carbocycles. The second kappa shape index (κ2) is 5.55. The number of hydrogen-bond donors (Lipinski definition) is 1. The van der Waals surface area contributed by atoms with Gasteiger partial charge >= 0.3 is 0 Å². The highest BCUT2D eigenvalue weighted by Gasteiger charge is 2.45. The van der Waals surface area contributed by atoms with E-state index in [4.69, 9.17) is 5.73 Å². The average molecular weight is 278 g/mol. The number of hydrogen-bond acceptors (Lipinski definition) is 3. The van der Waals surface area contributed by atoms with Gasteiger partial charge < -0.3 is 5.73 Å². The Kier molecular flexibility index (Phi) is 3.97. The molecule has 2 nitrogen and oxygen atoms in total. The summed E-state index contributed by atoms with van der Waals surface area (Å²) in [4.78, 5) is 4.27. The van der Waals surface area contributed by atoms with Crippen LogP contribution >= 0.6 is 11.3 Å². The zero-order valence-corrected chi connectivity index (χ0v) is 12.8. The Labute approximate surface area is 121 Å². The van der Waals surface area contributed by atoms with Crippen LogP contribution in [0.25, 0.3) is 0 Å². The van der Waals surface area contributed by atoms with Crippen molar-refractivity contribution < 1.29 is 0 Å². The van der Waals surface area contributed by atoms with E-state index in [1.165, 1.54) is 43.4 Å². The molecular formula is C16H26N2S. The topological polar surface area (TPSA) is 29.3 Å². The molecule has 1 heterocycles. The fraction of sp³-hybridized carbons (Fsp3) is 0.750. The predicted molar refractivity (Wildman–Crippen MR) is 82.3 cm³/mol. The van der Waals surface area contributed by atoms with Crippen molar-refractivity contribution in [3.05, 3.63) is 22.4 Å². The standard InChI is InChI=1S/C16H26N2S/c1-13-4-2-8-16(10-13,12-17)18(14-6-7-14)11-15-5-3-9-19-15/h3,5,9,13-14H,2,4,6-8,10-12,17H2,1H3. The molecular weight excluding hydrogens is 252 g/mol. The van der Waals surface area contributed by atoms with Gasteiger partial charge in [-0.15, -0.1) is 11.3 Å². The van der Waals surface area contributed by atoms with Crippen molar-refractivity contribution in [1.82, 2.24) is 4.90 Å². The second-order valence-corrected chi connectivity index (χ2v) is 7.60. The van der Waals surface area contributed by atoms with Gasteiger partial charge in [-0.25, -0.2) is 0 Å². The van der Waals surface area contributed by atoms with Gasteiger partial charge in [-0.2, -0.15) is 0 Å². The molecule has 2 aliphatic rings. The Morgan fingerprint density at radius 1 is 1.42 bits per heavy atom. The first-order valence-electron chi connectivity index (χ1n) is 7.73. The quantitative estimate of drug-likeness (QED) is 0.891. The van der Waals surface area contributed by atoms with Crippen molar-refractivity contribution in [3.63, 3.8) is 0 Å². The molecule has 2 fully saturated rings. The Morgan fingerprint density at radius 2 is 2.26 bits per heavy atom. The molecule has 1 aromatic heterocycles. The van der Waals surface area contributed by atoms with E-state index in [2.05, 4.69) is 29.3 Å². The highest BCUT2D eigenvalue weighted by molar-refractivity contribution is 7.09. The van der Waals surface area contributed by atoms with Crippen LogP contribution in [0.5, 0.6) is 0 Å². The molecule has 0 amide bonds. The Morgan fingerprint density at radius 3 is 2.84 bits per heavy atom. The Balaban J connectivity index is 1.80. The van der Waals surface area contributed by atoms with Crippen LogP contribution in [0.3, 0.4) is 0 Å². The third-order valence-electron chi connectivity index (χ3n) is 4.95. The first kappa shape index (κ1) is 13.6. The number of rotatable bonds is 5. The lowest BCUT2D eigenvalue weighted by Crippen LogP contribution is -2.56. The van der Waals surface area contributed by atoms with Gasteiger partial charge in [0, 0.05) is 29.5 Å². The van der Waals surface area contributed by atoms with Crippen molar-refractivity contribution in [2.75, 3.05) is 6.54 Å². The maximum Gasteiger partial charge on any atom is 0.0341 e. The fourth-order valence-electron chi connectivity index (χ4n) is 3.84. The van der Waals surface area contributed by atoms with E-state index in [-0.39, 0.29) is 5.54 Å². The van der Waals surface area contributed by atoms with Gasteiger partial charge in [-0.05, 0) is 43.0 Å². The lowest BCUT2D eigenvalue weighted by molar-refractivity contribution is 0.0258. The van der Waals surface area contributed by atoms with Crippen LogP contribution in [-0.4, -0.2) is 23.0 Å². The lowest BCUT2D eigenvalue weighted by Gasteiger charge is -2.48. The molecule has 0 radical (unpaired) electrons. The molecule has 1 aromatic rings. The summed E-state index contributed by atoms with van der Waals surface area (Å²) < 4.78 is 0. The summed E-state index contributed by atoms with van der Waals surface area (Å²) in [5.74, 6) is 0.835. The van der Waals surface area contributed by atoms with Crippen molar-refractivity contribution in [3.8, 4) is 0 Å². The minimum absolute atomic E-state index is 0.281. The van der Waals surface area contributed by atoms with Crippen molar-refractivity contribution in [1.29, 1.82) is 0 Å². The van der Waals surface area contributed by atoms with Crippen LogP contribution in [0.4, 0.5) is 0 Å². The summed E-state index contributed by atoms with van der Waals surface area (Å²) in [7, 11) is 0. The molecule has 19 heavy (non-hydrogen) atoms. The van der Waals surface area contributed by atoms with Crippen LogP contribution in [0.1, 0.15) is 50.3 Å². The molecule has 3 rings (SSSR count). The zero-order valence-electron chi connectivity index (χ0n) is 12.0. The van der Waals surface area contributed by atoms with Crippen molar-refractivity contribution >= 4 is 11.3 Å². The van der Waals surface area contributed by atoms with E-state index in [0.717, 1.165) is 25.0 Å². The summed E-state index contributed by atoms with van der Waals surface area (Å²) in [6, 6.07) is 5.25. The number of thiophene rings is 1. The average Bonchev–Trinajstić information content (AvgIpc) is 3.12. The summed E-state index contributed by atoms with van der Waals surface area (Å²) in [6.07, 6.45) is 8.09. The van der Waals surface area contributed by atoms with Crippen LogP contribution < -0.4 is 5.73 Å². The van der Waals surface area contributed by atoms with Crippen LogP contribution in [0, 0.1) is 5.92 Å². The number of nitrogens with zero attached hydrogens (tertiary/aromatic N) is 1. The molecule has 3 heteroatoms. The van der Waals surface area contributed by atoms with E-state index >= 15 is 0 Å². The third kappa shape index (κ3) is 2.88. The van der Waals surface area contributed by atoms with E-state index < -0.39 is 0 Å². The predicted octanol–water partition coefficient (Wildman–Crippen LogP) is 3.62. The normalized spacial score (nSPS) is 31.8. The van der Waals surface area contributed by atoms with E-state index in [0.29, 0.717) is 0 Å². The first-order chi connectivity index (χ1) is 9.23. The highest BCUT2D eigenvalue weighted by atomic mass is 32.1. The summed E-state index contributed by atoms with van der Waals surface area (Å²) >= 11 is 1.89. The molecule has 2 unspecified atom stereocenters. The third-order valence-corrected chi connectivity index (χ3v) is 5.81. The van der Waals surface area contributed by atoms with Gasteiger partial charge in [-0.3, -0.25) is 4.90 Å². The maximum absolute atomic E-state index is 6.26. The molecule has 0 bridgehead atoms. The lowest BCUT2D eigenvalue weighted by atomic mass is 9.75. The van der Waals surface area contributed by atoms with E-state index in [1.807, 2.05) is 11.3 Å². The van der Waals surface area contributed by atoms with Crippen LogP contribution in [0.15, 0.2) is 17.5 Å². The van der Waals surface area contributed by atoms with Gasteiger partial charge in [0.05, 0.1) is 0 Å². The maximum atomic E-state index is 6.26. The first-order valence-corrected chi connectivity index (χ1v) is 8.61.